The highest BCUT2D eigenvalue weighted by Crippen LogP contribution is 2.03. The predicted octanol–water partition coefficient (Wildman–Crippen LogP) is 3.34. The van der Waals surface area contributed by atoms with E-state index in [0.29, 0.717) is 0 Å². The number of carbonyl (C=O) groups is 1. The molecule has 0 heterocycles. The van der Waals surface area contributed by atoms with Gasteiger partial charge in [-0.15, -0.1) is 0 Å². The zero-order valence-corrected chi connectivity index (χ0v) is 9.23. The Labute approximate surface area is 84.6 Å². The molecule has 2 heteroatoms. The second kappa shape index (κ2) is 7.87. The molecule has 0 aromatic rings. The van der Waals surface area contributed by atoms with Crippen molar-refractivity contribution in [1.82, 2.24) is 0 Å². The van der Waals surface area contributed by atoms with Crippen molar-refractivity contribution in [3.8, 4) is 0 Å². The highest BCUT2D eigenvalue weighted by atomic mass is 32.2. The van der Waals surface area contributed by atoms with Crippen LogP contribution in [-0.4, -0.2) is 10.9 Å². The van der Waals surface area contributed by atoms with Crippen LogP contribution in [0.5, 0.6) is 0 Å². The molecular weight excluding hydrogens is 180 g/mol. The lowest BCUT2D eigenvalue weighted by molar-refractivity contribution is -0.107. The Morgan fingerprint density at radius 1 is 1.38 bits per heavy atom. The third-order valence-corrected chi connectivity index (χ3v) is 2.03. The summed E-state index contributed by atoms with van der Waals surface area (Å²) in [6.45, 7) is 5.91. The van der Waals surface area contributed by atoms with Gasteiger partial charge in [-0.2, -0.15) is 0 Å². The van der Waals surface area contributed by atoms with Gasteiger partial charge in [-0.3, -0.25) is 4.79 Å². The summed E-state index contributed by atoms with van der Waals surface area (Å²) in [5.41, 5.74) is 1.09. The van der Waals surface area contributed by atoms with Crippen LogP contribution in [0.15, 0.2) is 36.0 Å². The maximum absolute atomic E-state index is 11.1. The molecule has 0 fully saturated rings. The Hall–Kier alpha value is -0.760. The molecule has 0 radical (unpaired) electrons. The first-order valence-corrected chi connectivity index (χ1v) is 5.33. The zero-order chi connectivity index (χ0) is 10.1. The second-order valence-electron chi connectivity index (χ2n) is 2.52. The van der Waals surface area contributed by atoms with Crippen molar-refractivity contribution in [2.24, 2.45) is 0 Å². The molecule has 0 aliphatic heterocycles. The highest BCUT2D eigenvalue weighted by molar-refractivity contribution is 8.14. The molecule has 13 heavy (non-hydrogen) atoms. The summed E-state index contributed by atoms with van der Waals surface area (Å²) in [7, 11) is 0. The maximum Gasteiger partial charge on any atom is 0.212 e. The average Bonchev–Trinajstić information content (AvgIpc) is 2.12. The van der Waals surface area contributed by atoms with E-state index in [1.807, 2.05) is 45.1 Å². The summed E-state index contributed by atoms with van der Waals surface area (Å²) >= 11 is 1.33. The van der Waals surface area contributed by atoms with Crippen LogP contribution in [0.4, 0.5) is 0 Å². The van der Waals surface area contributed by atoms with Crippen LogP contribution in [0.1, 0.15) is 20.8 Å². The SMILES string of the molecule is C\C=C/C=C(C)/C=C\C(=O)SCC. The van der Waals surface area contributed by atoms with E-state index in [2.05, 4.69) is 0 Å². The molecule has 0 saturated heterocycles. The molecule has 0 aromatic heterocycles. The lowest BCUT2D eigenvalue weighted by Crippen LogP contribution is -1.84. The van der Waals surface area contributed by atoms with Crippen molar-refractivity contribution in [2.75, 3.05) is 5.75 Å². The topological polar surface area (TPSA) is 17.1 Å². The number of thioether (sulfide) groups is 1. The smallest absolute Gasteiger partial charge is 0.212 e. The van der Waals surface area contributed by atoms with Crippen molar-refractivity contribution in [3.05, 3.63) is 36.0 Å². The van der Waals surface area contributed by atoms with E-state index in [1.54, 1.807) is 6.08 Å². The monoisotopic (exact) mass is 196 g/mol. The molecule has 0 aromatic carbocycles. The van der Waals surface area contributed by atoms with Gasteiger partial charge in [0, 0.05) is 0 Å². The summed E-state index contributed by atoms with van der Waals surface area (Å²) in [4.78, 5) is 11.1. The Balaban J connectivity index is 4.03. The van der Waals surface area contributed by atoms with Crippen LogP contribution in [-0.2, 0) is 4.79 Å². The number of carbonyl (C=O) groups excluding carboxylic acids is 1. The zero-order valence-electron chi connectivity index (χ0n) is 8.41. The van der Waals surface area contributed by atoms with Gasteiger partial charge in [0.15, 0.2) is 0 Å². The van der Waals surface area contributed by atoms with Crippen LogP contribution < -0.4 is 0 Å². The number of hydrogen-bond acceptors (Lipinski definition) is 2. The van der Waals surface area contributed by atoms with Crippen molar-refractivity contribution in [1.29, 1.82) is 0 Å². The highest BCUT2D eigenvalue weighted by Gasteiger charge is 1.92. The molecule has 0 amide bonds. The summed E-state index contributed by atoms with van der Waals surface area (Å²) in [6, 6.07) is 0. The van der Waals surface area contributed by atoms with Crippen molar-refractivity contribution in [3.63, 3.8) is 0 Å². The fourth-order valence-electron chi connectivity index (χ4n) is 0.693. The van der Waals surface area contributed by atoms with E-state index in [-0.39, 0.29) is 5.12 Å². The first-order chi connectivity index (χ1) is 6.20. The molecule has 0 rings (SSSR count). The van der Waals surface area contributed by atoms with E-state index >= 15 is 0 Å². The van der Waals surface area contributed by atoms with Gasteiger partial charge in [0.25, 0.3) is 0 Å². The minimum absolute atomic E-state index is 0.121. The molecule has 0 N–H and O–H groups in total. The Morgan fingerprint density at radius 3 is 2.62 bits per heavy atom. The Morgan fingerprint density at radius 2 is 2.08 bits per heavy atom. The van der Waals surface area contributed by atoms with Gasteiger partial charge in [0.1, 0.15) is 0 Å². The van der Waals surface area contributed by atoms with Crippen LogP contribution in [0.3, 0.4) is 0 Å². The summed E-state index contributed by atoms with van der Waals surface area (Å²) in [6.07, 6.45) is 9.34. The third kappa shape index (κ3) is 7.60. The molecule has 0 aliphatic carbocycles. The molecule has 0 aliphatic rings. The largest absolute Gasteiger partial charge is 0.282 e. The molecular formula is C11H16OS. The predicted molar refractivity (Wildman–Crippen MR) is 60.9 cm³/mol. The molecule has 72 valence electrons. The molecule has 0 atom stereocenters. The molecule has 0 spiro atoms. The lowest BCUT2D eigenvalue weighted by atomic mass is 10.2. The fourth-order valence-corrected chi connectivity index (χ4v) is 1.14. The maximum atomic E-state index is 11.1. The summed E-state index contributed by atoms with van der Waals surface area (Å²) < 4.78 is 0. The van der Waals surface area contributed by atoms with E-state index < -0.39 is 0 Å². The van der Waals surface area contributed by atoms with Crippen molar-refractivity contribution < 1.29 is 4.79 Å². The van der Waals surface area contributed by atoms with Gasteiger partial charge in [-0.1, -0.05) is 48.6 Å². The van der Waals surface area contributed by atoms with Gasteiger partial charge in [-0.25, -0.2) is 0 Å². The number of hydrogen-bond donors (Lipinski definition) is 0. The molecule has 1 nitrogen and oxygen atoms in total. The minimum Gasteiger partial charge on any atom is -0.282 e. The van der Waals surface area contributed by atoms with Gasteiger partial charge in [0.2, 0.25) is 5.12 Å². The molecule has 0 bridgehead atoms. The quantitative estimate of drug-likeness (QED) is 0.506. The van der Waals surface area contributed by atoms with Gasteiger partial charge >= 0.3 is 0 Å². The fraction of sp³-hybridized carbons (Fsp3) is 0.364. The average molecular weight is 196 g/mol. The van der Waals surface area contributed by atoms with Crippen LogP contribution in [0.25, 0.3) is 0 Å². The van der Waals surface area contributed by atoms with Crippen LogP contribution in [0, 0.1) is 0 Å². The lowest BCUT2D eigenvalue weighted by Gasteiger charge is -1.89. The van der Waals surface area contributed by atoms with E-state index in [1.165, 1.54) is 11.8 Å². The van der Waals surface area contributed by atoms with E-state index in [9.17, 15) is 4.79 Å². The summed E-state index contributed by atoms with van der Waals surface area (Å²) in [5, 5.41) is 0.121. The van der Waals surface area contributed by atoms with Crippen LogP contribution in [0.2, 0.25) is 0 Å². The Kier molecular flexibility index (Phi) is 7.41. The Bertz CT molecular complexity index is 236. The van der Waals surface area contributed by atoms with E-state index in [0.717, 1.165) is 11.3 Å². The second-order valence-corrected chi connectivity index (χ2v) is 3.79. The minimum atomic E-state index is 0.121. The van der Waals surface area contributed by atoms with Crippen molar-refractivity contribution in [2.45, 2.75) is 20.8 Å². The molecule has 0 unspecified atom stereocenters. The van der Waals surface area contributed by atoms with Crippen LogP contribution >= 0.6 is 11.8 Å². The normalized spacial score (nSPS) is 13.0. The molecule has 0 saturated carbocycles. The third-order valence-electron chi connectivity index (χ3n) is 1.32. The van der Waals surface area contributed by atoms with Gasteiger partial charge in [-0.05, 0) is 25.7 Å². The van der Waals surface area contributed by atoms with Crippen molar-refractivity contribution >= 4 is 16.9 Å². The first kappa shape index (κ1) is 12.2. The first-order valence-electron chi connectivity index (χ1n) is 4.35. The number of allylic oxidation sites excluding steroid dienone is 5. The standard InChI is InChI=1S/C11H16OS/c1-4-6-7-10(3)8-9-11(12)13-5-2/h4,6-9H,5H2,1-3H3/b6-4-,9-8-,10-7+. The van der Waals surface area contributed by atoms with Gasteiger partial charge < -0.3 is 0 Å². The summed E-state index contributed by atoms with van der Waals surface area (Å²) in [5.74, 6) is 0.834. The van der Waals surface area contributed by atoms with E-state index in [4.69, 9.17) is 0 Å². The van der Waals surface area contributed by atoms with Gasteiger partial charge in [0.05, 0.1) is 0 Å². The number of rotatable bonds is 4.